The molecule has 172 valence electrons. The van der Waals surface area contributed by atoms with Crippen molar-refractivity contribution in [3.05, 3.63) is 48.0 Å². The maximum atomic E-state index is 12.9. The van der Waals surface area contributed by atoms with Gasteiger partial charge in [-0.05, 0) is 55.3 Å². The van der Waals surface area contributed by atoms with Crippen LogP contribution in [-0.4, -0.2) is 59.3 Å². The van der Waals surface area contributed by atoms with Gasteiger partial charge in [0.1, 0.15) is 19.0 Å². The second kappa shape index (κ2) is 9.84. The van der Waals surface area contributed by atoms with E-state index in [0.29, 0.717) is 42.0 Å². The summed E-state index contributed by atoms with van der Waals surface area (Å²) in [4.78, 5) is 12.9. The molecular formula is C24H25N3O5S. The molecule has 5 rings (SSSR count). The number of hydrogen-bond acceptors (Lipinski definition) is 8. The summed E-state index contributed by atoms with van der Waals surface area (Å²) in [5.41, 5.74) is 1.53. The lowest BCUT2D eigenvalue weighted by atomic mass is 10.1. The molecule has 0 saturated carbocycles. The third kappa shape index (κ3) is 4.84. The van der Waals surface area contributed by atoms with Crippen LogP contribution in [0.4, 0.5) is 0 Å². The molecule has 1 fully saturated rings. The average Bonchev–Trinajstić information content (AvgIpc) is 3.52. The first-order valence-electron chi connectivity index (χ1n) is 11.0. The first-order chi connectivity index (χ1) is 16.2. The lowest BCUT2D eigenvalue weighted by Gasteiger charge is -2.18. The number of carbonyl (C=O) groups excluding carboxylic acids is 1. The molecule has 3 heterocycles. The zero-order valence-corrected chi connectivity index (χ0v) is 19.2. The van der Waals surface area contributed by atoms with Crippen molar-refractivity contribution in [1.82, 2.24) is 14.8 Å². The van der Waals surface area contributed by atoms with E-state index < -0.39 is 0 Å². The highest BCUT2D eigenvalue weighted by Gasteiger charge is 2.23. The molecule has 0 aliphatic carbocycles. The van der Waals surface area contributed by atoms with Crippen molar-refractivity contribution in [2.75, 3.05) is 32.7 Å². The van der Waals surface area contributed by atoms with Gasteiger partial charge < -0.3 is 18.9 Å². The molecule has 2 aliphatic rings. The average molecular weight is 468 g/mol. The maximum absolute atomic E-state index is 12.9. The van der Waals surface area contributed by atoms with Gasteiger partial charge in [-0.2, -0.15) is 0 Å². The van der Waals surface area contributed by atoms with Crippen LogP contribution in [-0.2, 0) is 11.3 Å². The van der Waals surface area contributed by atoms with Crippen molar-refractivity contribution in [3.63, 3.8) is 0 Å². The van der Waals surface area contributed by atoms with Crippen molar-refractivity contribution in [1.29, 1.82) is 0 Å². The second-order valence-corrected chi connectivity index (χ2v) is 8.79. The summed E-state index contributed by atoms with van der Waals surface area (Å²) in [7, 11) is 1.64. The predicted molar refractivity (Wildman–Crippen MR) is 123 cm³/mol. The van der Waals surface area contributed by atoms with Crippen LogP contribution in [0, 0.1) is 0 Å². The van der Waals surface area contributed by atoms with Crippen molar-refractivity contribution in [3.8, 4) is 28.6 Å². The van der Waals surface area contributed by atoms with Gasteiger partial charge in [0.25, 0.3) is 0 Å². The van der Waals surface area contributed by atoms with E-state index in [-0.39, 0.29) is 17.6 Å². The predicted octanol–water partition coefficient (Wildman–Crippen LogP) is 3.88. The minimum atomic E-state index is -0.00497. The third-order valence-electron chi connectivity index (χ3n) is 5.67. The summed E-state index contributed by atoms with van der Waals surface area (Å²) in [6, 6.07) is 13.0. The summed E-state index contributed by atoms with van der Waals surface area (Å²) in [5, 5.41) is 9.54. The Morgan fingerprint density at radius 3 is 2.67 bits per heavy atom. The minimum absolute atomic E-state index is 0.00497. The van der Waals surface area contributed by atoms with Crippen molar-refractivity contribution < 1.29 is 23.7 Å². The van der Waals surface area contributed by atoms with E-state index in [1.165, 1.54) is 11.8 Å². The van der Waals surface area contributed by atoms with Crippen LogP contribution in [0.3, 0.4) is 0 Å². The molecule has 0 spiro atoms. The molecule has 0 amide bonds. The third-order valence-corrected chi connectivity index (χ3v) is 6.64. The number of fused-ring (bicyclic) bond motifs is 1. The van der Waals surface area contributed by atoms with Gasteiger partial charge in [-0.1, -0.05) is 11.8 Å². The highest BCUT2D eigenvalue weighted by atomic mass is 32.2. The van der Waals surface area contributed by atoms with E-state index >= 15 is 0 Å². The molecule has 0 unspecified atom stereocenters. The van der Waals surface area contributed by atoms with Crippen LogP contribution in [0.5, 0.6) is 17.2 Å². The largest absolute Gasteiger partial charge is 0.497 e. The fourth-order valence-electron chi connectivity index (χ4n) is 3.94. The van der Waals surface area contributed by atoms with Crippen LogP contribution in [0.15, 0.2) is 47.6 Å². The Hall–Kier alpha value is -3.04. The summed E-state index contributed by atoms with van der Waals surface area (Å²) < 4.78 is 24.3. The number of Topliss-reactive ketones (excluding diaryl/α,β-unsaturated/α-hetero) is 1. The molecule has 8 nitrogen and oxygen atoms in total. The van der Waals surface area contributed by atoms with Gasteiger partial charge in [-0.25, -0.2) is 0 Å². The standard InChI is InChI=1S/C24H25N3O5S/c1-29-18-7-4-16(5-8-18)23-25-26-24(27(23)14-19-3-2-10-30-19)33-15-20(28)17-6-9-21-22(13-17)32-12-11-31-21/h4-9,13,19H,2-3,10-12,14-15H2,1H3/t19-/m0/s1. The quantitative estimate of drug-likeness (QED) is 0.365. The van der Waals surface area contributed by atoms with Crippen molar-refractivity contribution in [2.45, 2.75) is 30.6 Å². The lowest BCUT2D eigenvalue weighted by Crippen LogP contribution is -2.17. The van der Waals surface area contributed by atoms with Gasteiger partial charge in [-0.15, -0.1) is 10.2 Å². The smallest absolute Gasteiger partial charge is 0.192 e. The topological polar surface area (TPSA) is 84.7 Å². The number of benzene rings is 2. The van der Waals surface area contributed by atoms with E-state index in [2.05, 4.69) is 14.8 Å². The molecule has 3 aromatic rings. The number of methoxy groups -OCH3 is 1. The molecule has 33 heavy (non-hydrogen) atoms. The van der Waals surface area contributed by atoms with Gasteiger partial charge >= 0.3 is 0 Å². The first-order valence-corrected chi connectivity index (χ1v) is 11.9. The van der Waals surface area contributed by atoms with Gasteiger partial charge in [0.15, 0.2) is 28.3 Å². The fourth-order valence-corrected chi connectivity index (χ4v) is 4.78. The highest BCUT2D eigenvalue weighted by molar-refractivity contribution is 7.99. The van der Waals surface area contributed by atoms with Crippen LogP contribution >= 0.6 is 11.8 Å². The molecule has 1 aromatic heterocycles. The Morgan fingerprint density at radius 2 is 1.91 bits per heavy atom. The van der Waals surface area contributed by atoms with E-state index in [4.69, 9.17) is 18.9 Å². The van der Waals surface area contributed by atoms with Crippen molar-refractivity contribution in [2.24, 2.45) is 0 Å². The normalized spacial score (nSPS) is 17.2. The summed E-state index contributed by atoms with van der Waals surface area (Å²) >= 11 is 1.38. The number of ketones is 1. The SMILES string of the molecule is COc1ccc(-c2nnc(SCC(=O)c3ccc4c(c3)OCCO4)n2C[C@@H]2CCCO2)cc1. The van der Waals surface area contributed by atoms with Gasteiger partial charge in [0, 0.05) is 17.7 Å². The Kier molecular flexibility index (Phi) is 6.50. The molecular weight excluding hydrogens is 442 g/mol. The van der Waals surface area contributed by atoms with Gasteiger partial charge in [0.05, 0.1) is 25.5 Å². The number of carbonyl (C=O) groups is 1. The minimum Gasteiger partial charge on any atom is -0.497 e. The van der Waals surface area contributed by atoms with Crippen LogP contribution in [0.25, 0.3) is 11.4 Å². The van der Waals surface area contributed by atoms with Crippen LogP contribution < -0.4 is 14.2 Å². The van der Waals surface area contributed by atoms with E-state index in [9.17, 15) is 4.79 Å². The molecule has 1 atom stereocenters. The molecule has 0 bridgehead atoms. The van der Waals surface area contributed by atoms with E-state index in [0.717, 1.165) is 36.6 Å². The molecule has 0 N–H and O–H groups in total. The Bertz CT molecular complexity index is 1130. The number of nitrogens with zero attached hydrogens (tertiary/aromatic N) is 3. The fraction of sp³-hybridized carbons (Fsp3) is 0.375. The molecule has 0 radical (unpaired) electrons. The Labute approximate surface area is 196 Å². The monoisotopic (exact) mass is 467 g/mol. The number of ether oxygens (including phenoxy) is 4. The number of hydrogen-bond donors (Lipinski definition) is 0. The van der Waals surface area contributed by atoms with Crippen LogP contribution in [0.2, 0.25) is 0 Å². The summed E-state index contributed by atoms with van der Waals surface area (Å²) in [6.07, 6.45) is 2.17. The van der Waals surface area contributed by atoms with Gasteiger partial charge in [0.2, 0.25) is 0 Å². The second-order valence-electron chi connectivity index (χ2n) is 7.85. The summed E-state index contributed by atoms with van der Waals surface area (Å²) in [5.74, 6) is 3.05. The van der Waals surface area contributed by atoms with E-state index in [1.807, 2.05) is 24.3 Å². The maximum Gasteiger partial charge on any atom is 0.192 e. The molecule has 2 aliphatic heterocycles. The van der Waals surface area contributed by atoms with Crippen molar-refractivity contribution >= 4 is 17.5 Å². The molecule has 9 heteroatoms. The van der Waals surface area contributed by atoms with E-state index in [1.54, 1.807) is 25.3 Å². The molecule has 2 aromatic carbocycles. The Balaban J connectivity index is 1.35. The first kappa shape index (κ1) is 21.8. The molecule has 1 saturated heterocycles. The lowest BCUT2D eigenvalue weighted by molar-refractivity contribution is 0.0953. The zero-order valence-electron chi connectivity index (χ0n) is 18.4. The Morgan fingerprint density at radius 1 is 1.09 bits per heavy atom. The number of aromatic nitrogens is 3. The van der Waals surface area contributed by atoms with Gasteiger partial charge in [-0.3, -0.25) is 9.36 Å². The zero-order chi connectivity index (χ0) is 22.6. The highest BCUT2D eigenvalue weighted by Crippen LogP contribution is 2.32. The summed E-state index contributed by atoms with van der Waals surface area (Å²) in [6.45, 7) is 2.43. The number of thioether (sulfide) groups is 1. The van der Waals surface area contributed by atoms with Crippen LogP contribution in [0.1, 0.15) is 23.2 Å². The number of rotatable bonds is 8.